The van der Waals surface area contributed by atoms with E-state index in [1.807, 2.05) is 0 Å². The molecule has 2 saturated heterocycles. The van der Waals surface area contributed by atoms with Gasteiger partial charge in [-0.3, -0.25) is 4.90 Å². The van der Waals surface area contributed by atoms with Crippen LogP contribution in [0.25, 0.3) is 11.1 Å². The van der Waals surface area contributed by atoms with Crippen molar-refractivity contribution in [2.45, 2.75) is 18.5 Å². The Morgan fingerprint density at radius 2 is 1.91 bits per heavy atom. The number of hydrogen-bond donors (Lipinski definition) is 0. The molecule has 2 aliphatic heterocycles. The Labute approximate surface area is 130 Å². The van der Waals surface area contributed by atoms with Crippen LogP contribution in [0.3, 0.4) is 0 Å². The number of benzene rings is 1. The van der Waals surface area contributed by atoms with Crippen LogP contribution in [0.5, 0.6) is 0 Å². The molecule has 3 heterocycles. The zero-order valence-corrected chi connectivity index (χ0v) is 12.6. The van der Waals surface area contributed by atoms with Gasteiger partial charge >= 0.3 is 0 Å². The molecule has 1 aromatic rings. The van der Waals surface area contributed by atoms with Gasteiger partial charge in [-0.15, -0.1) is 6.42 Å². The minimum Gasteiger partial charge on any atom is -0.348 e. The normalized spacial score (nSPS) is 23.7. The summed E-state index contributed by atoms with van der Waals surface area (Å²) >= 11 is 0. The summed E-state index contributed by atoms with van der Waals surface area (Å²) in [4.78, 5) is 13.3. The van der Waals surface area contributed by atoms with Crippen molar-refractivity contribution in [2.24, 2.45) is 0 Å². The highest BCUT2D eigenvalue weighted by atomic mass is 15.4. The fraction of sp³-hybridized carbons (Fsp3) is 0.333. The molecule has 4 heteroatoms. The van der Waals surface area contributed by atoms with Crippen LogP contribution in [0.4, 0.5) is 5.82 Å². The highest BCUT2D eigenvalue weighted by Gasteiger charge is 2.42. The van der Waals surface area contributed by atoms with Gasteiger partial charge in [-0.1, -0.05) is 18.2 Å². The van der Waals surface area contributed by atoms with Crippen molar-refractivity contribution in [1.29, 1.82) is 0 Å². The molecule has 2 atom stereocenters. The highest BCUT2D eigenvalue weighted by molar-refractivity contribution is 5.80. The van der Waals surface area contributed by atoms with Crippen LogP contribution in [0.15, 0.2) is 36.7 Å². The summed E-state index contributed by atoms with van der Waals surface area (Å²) in [5.74, 6) is 3.49. The number of anilines is 1. The lowest BCUT2D eigenvalue weighted by molar-refractivity contribution is 0.292. The average molecular weight is 290 g/mol. The molecule has 0 unspecified atom stereocenters. The summed E-state index contributed by atoms with van der Waals surface area (Å²) in [5, 5.41) is 0. The first-order chi connectivity index (χ1) is 10.8. The predicted molar refractivity (Wildman–Crippen MR) is 87.6 cm³/mol. The smallest absolute Gasteiger partial charge is 0.163 e. The van der Waals surface area contributed by atoms with Crippen molar-refractivity contribution in [3.8, 4) is 23.5 Å². The largest absolute Gasteiger partial charge is 0.348 e. The lowest BCUT2D eigenvalue weighted by Crippen LogP contribution is -2.45. The maximum Gasteiger partial charge on any atom is 0.163 e. The van der Waals surface area contributed by atoms with Crippen molar-refractivity contribution in [1.82, 2.24) is 14.9 Å². The monoisotopic (exact) mass is 290 g/mol. The van der Waals surface area contributed by atoms with E-state index in [4.69, 9.17) is 6.42 Å². The van der Waals surface area contributed by atoms with Gasteiger partial charge in [-0.2, -0.15) is 0 Å². The second-order valence-corrected chi connectivity index (χ2v) is 6.09. The van der Waals surface area contributed by atoms with E-state index in [-0.39, 0.29) is 0 Å². The molecule has 0 amide bonds. The maximum atomic E-state index is 5.45. The number of terminal acetylenes is 1. The Balaban J connectivity index is 0.000000172. The molecule has 4 nitrogen and oxygen atoms in total. The minimum atomic E-state index is 0.554. The molecule has 2 fully saturated rings. The van der Waals surface area contributed by atoms with Crippen LogP contribution < -0.4 is 4.90 Å². The zero-order chi connectivity index (χ0) is 15.1. The van der Waals surface area contributed by atoms with Crippen molar-refractivity contribution in [2.75, 3.05) is 25.0 Å². The maximum absolute atomic E-state index is 5.45. The van der Waals surface area contributed by atoms with Gasteiger partial charge in [0.15, 0.2) is 11.5 Å². The van der Waals surface area contributed by atoms with Gasteiger partial charge in [0.2, 0.25) is 0 Å². The second-order valence-electron chi connectivity index (χ2n) is 6.09. The lowest BCUT2D eigenvalue weighted by Gasteiger charge is -2.32. The third kappa shape index (κ3) is 2.24. The third-order valence-corrected chi connectivity index (χ3v) is 4.71. The molecule has 0 N–H and O–H groups in total. The van der Waals surface area contributed by atoms with Gasteiger partial charge in [-0.25, -0.2) is 9.97 Å². The summed E-state index contributed by atoms with van der Waals surface area (Å²) in [6.45, 7) is 2.12. The number of rotatable bonds is 1. The number of nitrogens with zero attached hydrogens (tertiary/aromatic N) is 4. The molecule has 4 aliphatic rings. The Morgan fingerprint density at radius 1 is 1.14 bits per heavy atom. The first-order valence-electron chi connectivity index (χ1n) is 7.61. The number of likely N-dealkylation sites (tertiary alicyclic amines) is 1. The fourth-order valence-corrected chi connectivity index (χ4v) is 3.44. The molecule has 2 bridgehead atoms. The quantitative estimate of drug-likeness (QED) is 0.642. The van der Waals surface area contributed by atoms with E-state index >= 15 is 0 Å². The second kappa shape index (κ2) is 5.11. The summed E-state index contributed by atoms with van der Waals surface area (Å²) in [5.41, 5.74) is 3.52. The van der Waals surface area contributed by atoms with E-state index in [1.165, 1.54) is 17.5 Å². The van der Waals surface area contributed by atoms with Gasteiger partial charge < -0.3 is 4.90 Å². The number of piperazine rings is 1. The molecule has 0 spiro atoms. The molecule has 2 aliphatic carbocycles. The Morgan fingerprint density at radius 3 is 2.41 bits per heavy atom. The van der Waals surface area contributed by atoms with Crippen LogP contribution >= 0.6 is 0 Å². The first kappa shape index (κ1) is 13.3. The molecule has 110 valence electrons. The lowest BCUT2D eigenvalue weighted by atomic mass is 10.2. The van der Waals surface area contributed by atoms with E-state index in [2.05, 4.69) is 57.0 Å². The van der Waals surface area contributed by atoms with Crippen molar-refractivity contribution in [3.63, 3.8) is 0 Å². The average Bonchev–Trinajstić information content (AvgIpc) is 2.92. The van der Waals surface area contributed by atoms with Crippen LogP contribution in [0.2, 0.25) is 0 Å². The number of likely N-dealkylation sites (N-methyl/N-ethyl adjacent to an activating group) is 1. The molecular weight excluding hydrogens is 272 g/mol. The topological polar surface area (TPSA) is 32.3 Å². The Bertz CT molecular complexity index is 729. The van der Waals surface area contributed by atoms with Crippen LogP contribution in [0, 0.1) is 12.3 Å². The van der Waals surface area contributed by atoms with Crippen LogP contribution in [-0.2, 0) is 0 Å². The van der Waals surface area contributed by atoms with Crippen LogP contribution in [-0.4, -0.2) is 47.1 Å². The first-order valence-corrected chi connectivity index (χ1v) is 7.61. The molecule has 1 aromatic heterocycles. The molecule has 0 saturated carbocycles. The number of fused-ring (bicyclic) bond motifs is 3. The van der Waals surface area contributed by atoms with Gasteiger partial charge in [0.25, 0.3) is 0 Å². The zero-order valence-electron chi connectivity index (χ0n) is 12.6. The summed E-state index contributed by atoms with van der Waals surface area (Å²) in [6, 6.07) is 9.69. The van der Waals surface area contributed by atoms with E-state index in [9.17, 15) is 0 Å². The predicted octanol–water partition coefficient (Wildman–Crippen LogP) is 2.02. The van der Waals surface area contributed by atoms with Gasteiger partial charge in [0.05, 0.1) is 0 Å². The van der Waals surface area contributed by atoms with E-state index in [0.717, 1.165) is 18.9 Å². The summed E-state index contributed by atoms with van der Waals surface area (Å²) in [7, 11) is 2.18. The van der Waals surface area contributed by atoms with Crippen molar-refractivity contribution < 1.29 is 0 Å². The third-order valence-electron chi connectivity index (χ3n) is 4.71. The fourth-order valence-electron chi connectivity index (χ4n) is 3.44. The van der Waals surface area contributed by atoms with Gasteiger partial charge in [-0.05, 0) is 36.6 Å². The molecular formula is C18H18N4. The van der Waals surface area contributed by atoms with E-state index in [0.29, 0.717) is 17.8 Å². The van der Waals surface area contributed by atoms with Gasteiger partial charge in [0.1, 0.15) is 0 Å². The summed E-state index contributed by atoms with van der Waals surface area (Å²) in [6.07, 6.45) is 10.0. The standard InChI is InChI=1S/C12H14N4.C6H4/c1-3-11-12(14-5-4-13-11)16-8-9-6-10(16)7-15(9)2;1-2-5-4-6(5)3-1/h1,4-5,9-10H,6-8H2,2H3;1-4H/t9-,10-;/m0./s1. The van der Waals surface area contributed by atoms with Crippen LogP contribution in [0.1, 0.15) is 12.1 Å². The molecule has 0 radical (unpaired) electrons. The summed E-state index contributed by atoms with van der Waals surface area (Å²) < 4.78 is 0. The van der Waals surface area contributed by atoms with Gasteiger partial charge in [0, 0.05) is 37.6 Å². The Kier molecular flexibility index (Phi) is 3.09. The molecule has 0 aromatic carbocycles. The van der Waals surface area contributed by atoms with Crippen molar-refractivity contribution >= 4 is 5.82 Å². The number of hydrogen-bond acceptors (Lipinski definition) is 4. The minimum absolute atomic E-state index is 0.554. The number of aromatic nitrogens is 2. The highest BCUT2D eigenvalue weighted by Crippen LogP contribution is 2.33. The van der Waals surface area contributed by atoms with E-state index < -0.39 is 0 Å². The Hall–Kier alpha value is -2.38. The van der Waals surface area contributed by atoms with E-state index in [1.54, 1.807) is 12.4 Å². The van der Waals surface area contributed by atoms with Crippen molar-refractivity contribution in [3.05, 3.63) is 42.4 Å². The SMILES string of the molecule is C#Cc1nccnc1N1C[C@@H]2C[C@H]1CN2C.c1cc2cc-2c1. The molecule has 22 heavy (non-hydrogen) atoms. The molecule has 5 rings (SSSR count).